The maximum Gasteiger partial charge on any atom is 0.416 e. The van der Waals surface area contributed by atoms with Gasteiger partial charge in [-0.15, -0.1) is 0 Å². The summed E-state index contributed by atoms with van der Waals surface area (Å²) in [6.07, 6.45) is -3.26. The summed E-state index contributed by atoms with van der Waals surface area (Å²) in [7, 11) is 2.78. The first kappa shape index (κ1) is 23.9. The van der Waals surface area contributed by atoms with Crippen LogP contribution in [0.3, 0.4) is 0 Å². The van der Waals surface area contributed by atoms with Gasteiger partial charge < -0.3 is 18.9 Å². The van der Waals surface area contributed by atoms with E-state index in [2.05, 4.69) is 0 Å². The van der Waals surface area contributed by atoms with Gasteiger partial charge >= 0.3 is 6.18 Å². The highest BCUT2D eigenvalue weighted by atomic mass is 35.5. The van der Waals surface area contributed by atoms with Crippen LogP contribution in [0.15, 0.2) is 42.2 Å². The molecule has 180 valence electrons. The van der Waals surface area contributed by atoms with Crippen molar-refractivity contribution in [3.63, 3.8) is 0 Å². The Labute approximate surface area is 198 Å². The van der Waals surface area contributed by atoms with Crippen molar-refractivity contribution in [3.05, 3.63) is 63.9 Å². The van der Waals surface area contributed by atoms with E-state index in [4.69, 9.17) is 30.5 Å². The van der Waals surface area contributed by atoms with Gasteiger partial charge in [-0.05, 0) is 17.7 Å². The van der Waals surface area contributed by atoms with Gasteiger partial charge in [0.1, 0.15) is 28.7 Å². The molecule has 1 aliphatic heterocycles. The van der Waals surface area contributed by atoms with E-state index in [1.807, 2.05) is 0 Å². The third-order valence-corrected chi connectivity index (χ3v) is 6.31. The number of hydrogen-bond donors (Lipinski definition) is 0. The number of allylic oxidation sites excluding steroid dienone is 1. The Bertz CT molecular complexity index is 1190. The van der Waals surface area contributed by atoms with E-state index >= 15 is 0 Å². The molecule has 10 heteroatoms. The van der Waals surface area contributed by atoms with Crippen LogP contribution in [-0.2, 0) is 22.3 Å². The smallest absolute Gasteiger partial charge is 0.416 e. The Morgan fingerprint density at radius 2 is 1.76 bits per heavy atom. The fraction of sp³-hybridized carbons (Fsp3) is 0.333. The molecular formula is C24H20ClF3O6. The number of rotatable bonds is 5. The average molecular weight is 497 g/mol. The number of methoxy groups -OCH3 is 2. The largest absolute Gasteiger partial charge is 0.496 e. The second-order valence-electron chi connectivity index (χ2n) is 8.03. The van der Waals surface area contributed by atoms with Crippen molar-refractivity contribution in [1.82, 2.24) is 0 Å². The number of Topliss-reactive ketones (excluding diaryl/α,β-unsaturated/α-hetero) is 1. The van der Waals surface area contributed by atoms with Crippen molar-refractivity contribution in [2.75, 3.05) is 14.2 Å². The first-order valence-electron chi connectivity index (χ1n) is 10.2. The number of halogens is 4. The van der Waals surface area contributed by atoms with E-state index in [0.29, 0.717) is 5.56 Å². The van der Waals surface area contributed by atoms with Crippen molar-refractivity contribution in [2.24, 2.45) is 5.92 Å². The molecule has 0 aromatic heterocycles. The number of ether oxygens (including phenoxy) is 4. The van der Waals surface area contributed by atoms with E-state index in [1.54, 1.807) is 6.92 Å². The lowest BCUT2D eigenvalue weighted by Gasteiger charge is -2.37. The normalized spacial score (nSPS) is 21.7. The first-order valence-corrected chi connectivity index (χ1v) is 10.6. The molecule has 2 aromatic carbocycles. The second kappa shape index (κ2) is 8.54. The van der Waals surface area contributed by atoms with Crippen LogP contribution in [-0.4, -0.2) is 31.4 Å². The summed E-state index contributed by atoms with van der Waals surface area (Å²) < 4.78 is 61.1. The lowest BCUT2D eigenvalue weighted by molar-refractivity contribution is -0.137. The number of carbonyl (C=O) groups excluding carboxylic acids is 2. The fourth-order valence-corrected chi connectivity index (χ4v) is 4.45. The average Bonchev–Trinajstić information content (AvgIpc) is 3.10. The van der Waals surface area contributed by atoms with Crippen LogP contribution >= 0.6 is 11.6 Å². The second-order valence-corrected chi connectivity index (χ2v) is 8.41. The number of ketones is 2. The Balaban J connectivity index is 1.71. The molecule has 1 spiro atoms. The minimum atomic E-state index is -4.47. The molecule has 2 aromatic rings. The van der Waals surface area contributed by atoms with E-state index in [-0.39, 0.29) is 52.4 Å². The number of carbonyl (C=O) groups is 2. The highest BCUT2D eigenvalue weighted by molar-refractivity contribution is 6.35. The molecular weight excluding hydrogens is 477 g/mol. The summed E-state index contributed by atoms with van der Waals surface area (Å²) >= 11 is 6.42. The molecule has 0 N–H and O–H groups in total. The summed E-state index contributed by atoms with van der Waals surface area (Å²) in [4.78, 5) is 26.1. The maximum atomic E-state index is 13.7. The number of fused-ring (bicyclic) bond motifs is 1. The number of hydrogen-bond acceptors (Lipinski definition) is 6. The maximum absolute atomic E-state index is 13.7. The molecule has 0 saturated heterocycles. The van der Waals surface area contributed by atoms with Crippen LogP contribution in [0.25, 0.3) is 0 Å². The molecule has 4 rings (SSSR count). The summed E-state index contributed by atoms with van der Waals surface area (Å²) in [6, 6.07) is 5.86. The highest BCUT2D eigenvalue weighted by Crippen LogP contribution is 2.54. The van der Waals surface area contributed by atoms with Gasteiger partial charge in [0.15, 0.2) is 17.3 Å². The monoisotopic (exact) mass is 496 g/mol. The molecule has 1 heterocycles. The molecule has 1 aliphatic carbocycles. The van der Waals surface area contributed by atoms with Gasteiger partial charge in [-0.1, -0.05) is 30.7 Å². The number of alkyl halides is 3. The predicted octanol–water partition coefficient (Wildman–Crippen LogP) is 5.40. The minimum Gasteiger partial charge on any atom is -0.496 e. The van der Waals surface area contributed by atoms with Gasteiger partial charge in [0.25, 0.3) is 0 Å². The standard InChI is InChI=1S/C24H20ClF3O6/c1-12-8-15(29)9-18(33-11-13-4-6-14(7-5-13)24(26,27)28)23(12)22(30)19-16(31-2)10-17(32-3)20(25)21(19)34-23/h4-7,9-10,12H,8,11H2,1-3H3/t12-,23+/m1/s1. The summed E-state index contributed by atoms with van der Waals surface area (Å²) in [5.41, 5.74) is -1.98. The SMILES string of the molecule is COc1cc(OC)c2c(c1Cl)O[C@]1(C2=O)C(OCc2ccc(C(F)(F)F)cc2)=CC(=O)C[C@H]1C. The zero-order chi connectivity index (χ0) is 24.8. The molecule has 0 fully saturated rings. The van der Waals surface area contributed by atoms with Crippen LogP contribution < -0.4 is 14.2 Å². The summed E-state index contributed by atoms with van der Waals surface area (Å²) in [6.45, 7) is 1.49. The van der Waals surface area contributed by atoms with E-state index in [1.165, 1.54) is 38.5 Å². The Morgan fingerprint density at radius 1 is 1.12 bits per heavy atom. The van der Waals surface area contributed by atoms with Crippen molar-refractivity contribution < 1.29 is 41.7 Å². The van der Waals surface area contributed by atoms with Gasteiger partial charge in [-0.2, -0.15) is 13.2 Å². The molecule has 0 saturated carbocycles. The fourth-order valence-electron chi connectivity index (χ4n) is 4.19. The van der Waals surface area contributed by atoms with E-state index in [9.17, 15) is 22.8 Å². The van der Waals surface area contributed by atoms with Gasteiger partial charge in [-0.25, -0.2) is 0 Å². The van der Waals surface area contributed by atoms with Crippen molar-refractivity contribution >= 4 is 23.2 Å². The van der Waals surface area contributed by atoms with Gasteiger partial charge in [0, 0.05) is 24.5 Å². The molecule has 0 radical (unpaired) electrons. The lowest BCUT2D eigenvalue weighted by Crippen LogP contribution is -2.51. The van der Waals surface area contributed by atoms with Crippen LogP contribution in [0, 0.1) is 5.92 Å². The molecule has 34 heavy (non-hydrogen) atoms. The van der Waals surface area contributed by atoms with Crippen LogP contribution in [0.2, 0.25) is 5.02 Å². The van der Waals surface area contributed by atoms with Crippen LogP contribution in [0.1, 0.15) is 34.8 Å². The Kier molecular flexibility index (Phi) is 6.01. The molecule has 6 nitrogen and oxygen atoms in total. The van der Waals surface area contributed by atoms with Gasteiger partial charge in [0.05, 0.1) is 19.8 Å². The van der Waals surface area contributed by atoms with Crippen molar-refractivity contribution in [1.29, 1.82) is 0 Å². The van der Waals surface area contributed by atoms with Gasteiger partial charge in [0.2, 0.25) is 11.4 Å². The molecule has 0 amide bonds. The third kappa shape index (κ3) is 3.77. The third-order valence-electron chi connectivity index (χ3n) is 5.95. The minimum absolute atomic E-state index is 0.0178. The van der Waals surface area contributed by atoms with Crippen molar-refractivity contribution in [3.8, 4) is 17.2 Å². The van der Waals surface area contributed by atoms with Crippen molar-refractivity contribution in [2.45, 2.75) is 31.7 Å². The lowest BCUT2D eigenvalue weighted by atomic mass is 9.75. The topological polar surface area (TPSA) is 71.1 Å². The Morgan fingerprint density at radius 3 is 2.35 bits per heavy atom. The zero-order valence-corrected chi connectivity index (χ0v) is 19.2. The predicted molar refractivity (Wildman–Crippen MR) is 115 cm³/mol. The van der Waals surface area contributed by atoms with Crippen LogP contribution in [0.4, 0.5) is 13.2 Å². The zero-order valence-electron chi connectivity index (χ0n) is 18.4. The molecule has 0 unspecified atom stereocenters. The van der Waals surface area contributed by atoms with E-state index < -0.39 is 29.0 Å². The molecule has 2 atom stereocenters. The van der Waals surface area contributed by atoms with Crippen LogP contribution in [0.5, 0.6) is 17.2 Å². The number of benzene rings is 2. The summed E-state index contributed by atoms with van der Waals surface area (Å²) in [5.74, 6) is -0.977. The van der Waals surface area contributed by atoms with E-state index in [0.717, 1.165) is 12.1 Å². The highest BCUT2D eigenvalue weighted by Gasteiger charge is 2.60. The van der Waals surface area contributed by atoms with Gasteiger partial charge in [-0.3, -0.25) is 9.59 Å². The molecule has 0 bridgehead atoms. The summed E-state index contributed by atoms with van der Waals surface area (Å²) in [5, 5.41) is 0.0646. The Hall–Kier alpha value is -3.20. The first-order chi connectivity index (χ1) is 16.0. The molecule has 2 aliphatic rings. The quantitative estimate of drug-likeness (QED) is 0.552.